The second-order valence-corrected chi connectivity index (χ2v) is 10.6. The Morgan fingerprint density at radius 3 is 1.73 bits per heavy atom. The Hall–Kier alpha value is 0.748. The number of hydrogen-bond donors (Lipinski definition) is 0. The van der Waals surface area contributed by atoms with Gasteiger partial charge in [0.15, 0.2) is 0 Å². The summed E-state index contributed by atoms with van der Waals surface area (Å²) in [4.78, 5) is 0. The van der Waals surface area contributed by atoms with Crippen molar-refractivity contribution in [3.63, 3.8) is 0 Å². The van der Waals surface area contributed by atoms with Crippen molar-refractivity contribution in [2.45, 2.75) is 51.5 Å². The summed E-state index contributed by atoms with van der Waals surface area (Å²) in [6.07, 6.45) is 7.92. The predicted molar refractivity (Wildman–Crippen MR) is 77.0 cm³/mol. The molecule has 7 heteroatoms. The molecule has 0 amide bonds. The SMILES string of the molecule is CCCCCCCC[Si](O[SiH3])(O[SiH3])O[SiH3]. The quantitative estimate of drug-likeness (QED) is 0.387. The molecule has 15 heavy (non-hydrogen) atoms. The van der Waals surface area contributed by atoms with Crippen LogP contribution in [0.3, 0.4) is 0 Å². The van der Waals surface area contributed by atoms with Crippen molar-refractivity contribution < 1.29 is 12.3 Å². The van der Waals surface area contributed by atoms with Crippen LogP contribution in [0.25, 0.3) is 0 Å². The molecule has 0 aromatic rings. The smallest absolute Gasteiger partial charge is 0.425 e. The molecule has 0 atom stereocenters. The highest BCUT2D eigenvalue weighted by Crippen LogP contribution is 2.17. The largest absolute Gasteiger partial charge is 0.467 e. The standard InChI is InChI=1S/C8H26O3Si4/c1-2-3-4-5-6-7-8-15(9-12,10-13)11-14/h2-8H2,1,12-14H3. The topological polar surface area (TPSA) is 27.7 Å². The van der Waals surface area contributed by atoms with Crippen LogP contribution in [0.1, 0.15) is 45.4 Å². The molecule has 3 nitrogen and oxygen atoms in total. The van der Waals surface area contributed by atoms with E-state index in [2.05, 4.69) is 6.92 Å². The van der Waals surface area contributed by atoms with Gasteiger partial charge < -0.3 is 12.3 Å². The van der Waals surface area contributed by atoms with Gasteiger partial charge in [0, 0.05) is 6.04 Å². The Morgan fingerprint density at radius 1 is 0.800 bits per heavy atom. The summed E-state index contributed by atoms with van der Waals surface area (Å²) in [5.74, 6) is 0. The highest BCUT2D eigenvalue weighted by molar-refractivity contribution is 6.69. The van der Waals surface area contributed by atoms with E-state index in [0.29, 0.717) is 0 Å². The second kappa shape index (κ2) is 9.94. The summed E-state index contributed by atoms with van der Waals surface area (Å²) in [5.41, 5.74) is 0. The van der Waals surface area contributed by atoms with Crippen LogP contribution in [0.2, 0.25) is 6.04 Å². The van der Waals surface area contributed by atoms with E-state index in [0.717, 1.165) is 37.5 Å². The molecular formula is C8H26O3Si4. The molecule has 0 aliphatic carbocycles. The van der Waals surface area contributed by atoms with Crippen LogP contribution in [0.15, 0.2) is 0 Å². The van der Waals surface area contributed by atoms with Gasteiger partial charge in [-0.1, -0.05) is 39.0 Å². The molecule has 0 saturated carbocycles. The molecule has 0 bridgehead atoms. The molecule has 0 saturated heterocycles. The fourth-order valence-corrected chi connectivity index (χ4v) is 11.3. The number of hydrogen-bond acceptors (Lipinski definition) is 3. The van der Waals surface area contributed by atoms with Crippen LogP contribution in [-0.4, -0.2) is 40.3 Å². The molecular weight excluding hydrogens is 256 g/mol. The van der Waals surface area contributed by atoms with Crippen LogP contribution in [0.5, 0.6) is 0 Å². The highest BCUT2D eigenvalue weighted by Gasteiger charge is 2.34. The summed E-state index contributed by atoms with van der Waals surface area (Å²) < 4.78 is 16.7. The van der Waals surface area contributed by atoms with E-state index >= 15 is 0 Å². The van der Waals surface area contributed by atoms with E-state index in [9.17, 15) is 0 Å². The van der Waals surface area contributed by atoms with Gasteiger partial charge in [0.1, 0.15) is 31.5 Å². The lowest BCUT2D eigenvalue weighted by molar-refractivity contribution is 0.291. The molecule has 0 aliphatic heterocycles. The van der Waals surface area contributed by atoms with Crippen molar-refractivity contribution in [2.75, 3.05) is 0 Å². The molecule has 0 spiro atoms. The molecule has 0 fully saturated rings. The fourth-order valence-electron chi connectivity index (χ4n) is 1.68. The van der Waals surface area contributed by atoms with Gasteiger partial charge in [-0.05, 0) is 6.42 Å². The predicted octanol–water partition coefficient (Wildman–Crippen LogP) is -0.823. The lowest BCUT2D eigenvalue weighted by Crippen LogP contribution is -2.43. The molecule has 0 N–H and O–H groups in total. The third-order valence-electron chi connectivity index (χ3n) is 2.77. The average Bonchev–Trinajstić information content (AvgIpc) is 2.29. The van der Waals surface area contributed by atoms with Crippen LogP contribution < -0.4 is 0 Å². The Morgan fingerprint density at radius 2 is 1.27 bits per heavy atom. The molecule has 0 rings (SSSR count). The lowest BCUT2D eigenvalue weighted by Gasteiger charge is -2.26. The number of rotatable bonds is 10. The minimum absolute atomic E-state index is 0.742. The third kappa shape index (κ3) is 6.82. The first-order valence-electron chi connectivity index (χ1n) is 5.90. The van der Waals surface area contributed by atoms with E-state index in [1.807, 2.05) is 0 Å². The number of unbranched alkanes of at least 4 members (excludes halogenated alkanes) is 5. The van der Waals surface area contributed by atoms with Crippen molar-refractivity contribution in [3.05, 3.63) is 0 Å². The van der Waals surface area contributed by atoms with Crippen LogP contribution >= 0.6 is 0 Å². The van der Waals surface area contributed by atoms with Crippen molar-refractivity contribution in [1.82, 2.24) is 0 Å². The normalized spacial score (nSPS) is 15.8. The van der Waals surface area contributed by atoms with Gasteiger partial charge >= 0.3 is 8.80 Å². The Labute approximate surface area is 104 Å². The summed E-state index contributed by atoms with van der Waals surface area (Å²) in [5, 5.41) is 0. The maximum Gasteiger partial charge on any atom is 0.467 e. The molecule has 0 radical (unpaired) electrons. The summed E-state index contributed by atoms with van der Waals surface area (Å²) >= 11 is 0. The minimum Gasteiger partial charge on any atom is -0.425 e. The van der Waals surface area contributed by atoms with Gasteiger partial charge in [-0.15, -0.1) is 0 Å². The fraction of sp³-hybridized carbons (Fsp3) is 1.00. The zero-order valence-electron chi connectivity index (χ0n) is 10.7. The molecule has 0 aromatic heterocycles. The lowest BCUT2D eigenvalue weighted by atomic mass is 10.1. The van der Waals surface area contributed by atoms with Crippen molar-refractivity contribution in [3.8, 4) is 0 Å². The van der Waals surface area contributed by atoms with E-state index in [-0.39, 0.29) is 0 Å². The van der Waals surface area contributed by atoms with Crippen molar-refractivity contribution in [1.29, 1.82) is 0 Å². The van der Waals surface area contributed by atoms with E-state index in [1.54, 1.807) is 0 Å². The van der Waals surface area contributed by atoms with Gasteiger partial charge in [-0.25, -0.2) is 0 Å². The van der Waals surface area contributed by atoms with E-state index in [4.69, 9.17) is 12.3 Å². The summed E-state index contributed by atoms with van der Waals surface area (Å²) in [7, 11) is 0.125. The molecule has 0 heterocycles. The monoisotopic (exact) mass is 282 g/mol. The summed E-state index contributed by atoms with van der Waals surface area (Å²) in [6, 6.07) is 1.04. The zero-order valence-corrected chi connectivity index (χ0v) is 17.7. The van der Waals surface area contributed by atoms with E-state index < -0.39 is 8.80 Å². The molecule has 0 unspecified atom stereocenters. The van der Waals surface area contributed by atoms with Crippen LogP contribution in [0, 0.1) is 0 Å². The zero-order chi connectivity index (χ0) is 11.6. The summed E-state index contributed by atoms with van der Waals surface area (Å²) in [6.45, 7) is 2.25. The highest BCUT2D eigenvalue weighted by atomic mass is 28.5. The van der Waals surface area contributed by atoms with Crippen molar-refractivity contribution >= 4 is 40.3 Å². The van der Waals surface area contributed by atoms with Gasteiger partial charge in [0.05, 0.1) is 0 Å². The minimum atomic E-state index is -2.10. The maximum absolute atomic E-state index is 5.57. The first kappa shape index (κ1) is 15.7. The Balaban J connectivity index is 3.54. The maximum atomic E-state index is 5.57. The Kier molecular flexibility index (Phi) is 10.4. The molecule has 0 aliphatic rings. The van der Waals surface area contributed by atoms with Crippen LogP contribution in [0.4, 0.5) is 0 Å². The third-order valence-corrected chi connectivity index (χ3v) is 11.2. The average molecular weight is 283 g/mol. The Bertz CT molecular complexity index is 136. The first-order chi connectivity index (χ1) is 7.24. The first-order valence-corrected chi connectivity index (χ1v) is 10.3. The molecule has 0 aromatic carbocycles. The van der Waals surface area contributed by atoms with Gasteiger partial charge in [0.2, 0.25) is 0 Å². The van der Waals surface area contributed by atoms with Gasteiger partial charge in [0.25, 0.3) is 0 Å². The van der Waals surface area contributed by atoms with Crippen LogP contribution in [-0.2, 0) is 12.3 Å². The van der Waals surface area contributed by atoms with Gasteiger partial charge in [-0.3, -0.25) is 0 Å². The van der Waals surface area contributed by atoms with Crippen molar-refractivity contribution in [2.24, 2.45) is 0 Å². The van der Waals surface area contributed by atoms with E-state index in [1.165, 1.54) is 38.5 Å². The molecule has 92 valence electrons. The second-order valence-electron chi connectivity index (χ2n) is 3.81. The van der Waals surface area contributed by atoms with Gasteiger partial charge in [-0.2, -0.15) is 0 Å².